The van der Waals surface area contributed by atoms with Gasteiger partial charge in [0.2, 0.25) is 0 Å². The summed E-state index contributed by atoms with van der Waals surface area (Å²) in [5.74, 6) is -0.260. The average Bonchev–Trinajstić information content (AvgIpc) is 2.66. The summed E-state index contributed by atoms with van der Waals surface area (Å²) in [4.78, 5) is 12.9. The van der Waals surface area contributed by atoms with Gasteiger partial charge in [0.15, 0.2) is 0 Å². The van der Waals surface area contributed by atoms with E-state index in [0.717, 1.165) is 4.47 Å². The summed E-state index contributed by atoms with van der Waals surface area (Å²) in [5, 5.41) is 2.86. The quantitative estimate of drug-likeness (QED) is 0.634. The number of rotatable bonds is 2. The lowest BCUT2D eigenvalue weighted by Gasteiger charge is -2.29. The van der Waals surface area contributed by atoms with Gasteiger partial charge >= 0.3 is 0 Å². The van der Waals surface area contributed by atoms with Crippen molar-refractivity contribution in [2.45, 2.75) is 4.90 Å². The van der Waals surface area contributed by atoms with Crippen molar-refractivity contribution in [3.8, 4) is 11.1 Å². The molecule has 0 atom stereocenters. The number of nitrogens with zero attached hydrogens (tertiary/aromatic N) is 1. The van der Waals surface area contributed by atoms with Crippen LogP contribution in [0.5, 0.6) is 0 Å². The highest BCUT2D eigenvalue weighted by Crippen LogP contribution is 2.42. The van der Waals surface area contributed by atoms with Crippen LogP contribution in [0.1, 0.15) is 10.4 Å². The highest BCUT2D eigenvalue weighted by Gasteiger charge is 2.32. The van der Waals surface area contributed by atoms with Crippen LogP contribution >= 0.6 is 15.9 Å². The maximum atomic E-state index is 12.7. The van der Waals surface area contributed by atoms with Crippen LogP contribution in [0.2, 0.25) is 0 Å². The van der Waals surface area contributed by atoms with Crippen molar-refractivity contribution in [1.82, 2.24) is 0 Å². The summed E-state index contributed by atoms with van der Waals surface area (Å²) in [6.07, 6.45) is 0. The van der Waals surface area contributed by atoms with Crippen LogP contribution < -0.4 is 9.62 Å². The number of nitrogens with one attached hydrogen (secondary N) is 1. The van der Waals surface area contributed by atoms with Gasteiger partial charge in [-0.25, -0.2) is 8.42 Å². The van der Waals surface area contributed by atoms with Crippen molar-refractivity contribution in [3.63, 3.8) is 0 Å². The Balaban J connectivity index is 1.77. The SMILES string of the molecule is CN1c2ccc(C(=O)Nc3cccc(Br)c3)cc2-c2ccccc2S1(=O)=O. The molecule has 3 aromatic carbocycles. The number of hydrogen-bond donors (Lipinski definition) is 1. The average molecular weight is 443 g/mol. The van der Waals surface area contributed by atoms with Gasteiger partial charge in [0.25, 0.3) is 15.9 Å². The van der Waals surface area contributed by atoms with E-state index in [-0.39, 0.29) is 10.8 Å². The summed E-state index contributed by atoms with van der Waals surface area (Å²) >= 11 is 3.38. The van der Waals surface area contributed by atoms with Crippen molar-refractivity contribution < 1.29 is 13.2 Å². The molecule has 0 saturated heterocycles. The van der Waals surface area contributed by atoms with Gasteiger partial charge in [0.1, 0.15) is 0 Å². The maximum Gasteiger partial charge on any atom is 0.264 e. The normalized spacial score (nSPS) is 14.2. The van der Waals surface area contributed by atoms with E-state index in [4.69, 9.17) is 0 Å². The third-order valence-electron chi connectivity index (χ3n) is 4.50. The molecular formula is C20H15BrN2O3S. The highest BCUT2D eigenvalue weighted by atomic mass is 79.9. The standard InChI is InChI=1S/C20H15BrN2O3S/c1-23-18-10-9-13(20(24)22-15-6-4-5-14(21)12-15)11-17(18)16-7-2-3-8-19(16)27(23,25)26/h2-12H,1H3,(H,22,24). The summed E-state index contributed by atoms with van der Waals surface area (Å²) in [6, 6.07) is 19.2. The Hall–Kier alpha value is -2.64. The van der Waals surface area contributed by atoms with Gasteiger partial charge in [-0.3, -0.25) is 9.10 Å². The zero-order valence-corrected chi connectivity index (χ0v) is 16.7. The van der Waals surface area contributed by atoms with Crippen molar-refractivity contribution in [2.24, 2.45) is 0 Å². The predicted molar refractivity (Wildman–Crippen MR) is 110 cm³/mol. The van der Waals surface area contributed by atoms with Crippen LogP contribution in [0, 0.1) is 0 Å². The Kier molecular flexibility index (Phi) is 4.28. The summed E-state index contributed by atoms with van der Waals surface area (Å²) in [5.41, 5.74) is 2.99. The minimum absolute atomic E-state index is 0.240. The second-order valence-corrected chi connectivity index (χ2v) is 9.02. The Morgan fingerprint density at radius 3 is 2.52 bits per heavy atom. The van der Waals surface area contributed by atoms with E-state index in [1.165, 1.54) is 11.4 Å². The van der Waals surface area contributed by atoms with Crippen LogP contribution in [-0.4, -0.2) is 21.4 Å². The molecular weight excluding hydrogens is 428 g/mol. The van der Waals surface area contributed by atoms with Gasteiger partial charge in [0.05, 0.1) is 10.6 Å². The molecule has 0 bridgehead atoms. The van der Waals surface area contributed by atoms with E-state index in [2.05, 4.69) is 21.2 Å². The molecule has 1 heterocycles. The number of hydrogen-bond acceptors (Lipinski definition) is 3. The molecule has 0 unspecified atom stereocenters. The first kappa shape index (κ1) is 17.8. The zero-order chi connectivity index (χ0) is 19.2. The van der Waals surface area contributed by atoms with Crippen LogP contribution in [0.25, 0.3) is 11.1 Å². The topological polar surface area (TPSA) is 66.5 Å². The Morgan fingerprint density at radius 2 is 1.74 bits per heavy atom. The number of amides is 1. The first-order chi connectivity index (χ1) is 12.9. The molecule has 7 heteroatoms. The van der Waals surface area contributed by atoms with E-state index in [1.54, 1.807) is 48.5 Å². The number of carbonyl (C=O) groups is 1. The smallest absolute Gasteiger partial charge is 0.264 e. The summed E-state index contributed by atoms with van der Waals surface area (Å²) in [7, 11) is -2.07. The number of fused-ring (bicyclic) bond motifs is 3. The third-order valence-corrected chi connectivity index (χ3v) is 6.82. The lowest BCUT2D eigenvalue weighted by atomic mass is 10.00. The molecule has 4 rings (SSSR count). The largest absolute Gasteiger partial charge is 0.322 e. The molecule has 0 aromatic heterocycles. The van der Waals surface area contributed by atoms with E-state index >= 15 is 0 Å². The molecule has 5 nitrogen and oxygen atoms in total. The van der Waals surface area contributed by atoms with Crippen molar-refractivity contribution >= 4 is 43.2 Å². The molecule has 27 heavy (non-hydrogen) atoms. The van der Waals surface area contributed by atoms with E-state index in [0.29, 0.717) is 28.1 Å². The fourth-order valence-corrected chi connectivity index (χ4v) is 4.95. The number of halogens is 1. The maximum absolute atomic E-state index is 12.7. The lowest BCUT2D eigenvalue weighted by molar-refractivity contribution is 0.102. The van der Waals surface area contributed by atoms with E-state index < -0.39 is 10.0 Å². The number of sulfonamides is 1. The van der Waals surface area contributed by atoms with Crippen molar-refractivity contribution in [2.75, 3.05) is 16.7 Å². The second kappa shape index (κ2) is 6.51. The first-order valence-electron chi connectivity index (χ1n) is 8.17. The monoisotopic (exact) mass is 442 g/mol. The Labute approximate surface area is 165 Å². The summed E-state index contributed by atoms with van der Waals surface area (Å²) in [6.45, 7) is 0. The van der Waals surface area contributed by atoms with Crippen molar-refractivity contribution in [3.05, 3.63) is 76.8 Å². The first-order valence-corrected chi connectivity index (χ1v) is 10.4. The van der Waals surface area contributed by atoms with Gasteiger partial charge in [-0.05, 0) is 42.5 Å². The fraction of sp³-hybridized carbons (Fsp3) is 0.0500. The fourth-order valence-electron chi connectivity index (χ4n) is 3.13. The van der Waals surface area contributed by atoms with Gasteiger partial charge < -0.3 is 5.32 Å². The van der Waals surface area contributed by atoms with Gasteiger partial charge in [0, 0.05) is 33.9 Å². The molecule has 1 aliphatic heterocycles. The minimum atomic E-state index is -3.59. The molecule has 3 aromatic rings. The number of benzene rings is 3. The Bertz CT molecular complexity index is 1180. The highest BCUT2D eigenvalue weighted by molar-refractivity contribution is 9.10. The van der Waals surface area contributed by atoms with Crippen LogP contribution in [0.3, 0.4) is 0 Å². The van der Waals surface area contributed by atoms with Gasteiger partial charge in [-0.1, -0.05) is 40.2 Å². The molecule has 0 spiro atoms. The molecule has 0 radical (unpaired) electrons. The van der Waals surface area contributed by atoms with E-state index in [9.17, 15) is 13.2 Å². The van der Waals surface area contributed by atoms with E-state index in [1.807, 2.05) is 18.2 Å². The van der Waals surface area contributed by atoms with Crippen LogP contribution in [-0.2, 0) is 10.0 Å². The molecule has 136 valence electrons. The number of carbonyl (C=O) groups excluding carboxylic acids is 1. The number of anilines is 2. The zero-order valence-electron chi connectivity index (χ0n) is 14.3. The summed E-state index contributed by atoms with van der Waals surface area (Å²) < 4.78 is 27.5. The molecule has 0 saturated carbocycles. The van der Waals surface area contributed by atoms with Crippen LogP contribution in [0.4, 0.5) is 11.4 Å². The molecule has 1 amide bonds. The predicted octanol–water partition coefficient (Wildman–Crippen LogP) is 4.51. The minimum Gasteiger partial charge on any atom is -0.322 e. The molecule has 1 N–H and O–H groups in total. The van der Waals surface area contributed by atoms with Gasteiger partial charge in [-0.2, -0.15) is 0 Å². The van der Waals surface area contributed by atoms with Gasteiger partial charge in [-0.15, -0.1) is 0 Å². The second-order valence-electron chi connectivity index (χ2n) is 6.17. The molecule has 0 aliphatic carbocycles. The van der Waals surface area contributed by atoms with Crippen LogP contribution in [0.15, 0.2) is 76.1 Å². The lowest BCUT2D eigenvalue weighted by Crippen LogP contribution is -2.30. The van der Waals surface area contributed by atoms with Crippen molar-refractivity contribution in [1.29, 1.82) is 0 Å². The molecule has 0 fully saturated rings. The Morgan fingerprint density at radius 1 is 0.963 bits per heavy atom. The third kappa shape index (κ3) is 3.02. The molecule has 1 aliphatic rings.